The molecule has 1 aromatic heterocycles. The lowest BCUT2D eigenvalue weighted by molar-refractivity contribution is 0.551. The maximum absolute atomic E-state index is 13.5. The van der Waals surface area contributed by atoms with Gasteiger partial charge in [0.2, 0.25) is 0 Å². The Labute approximate surface area is 117 Å². The summed E-state index contributed by atoms with van der Waals surface area (Å²) >= 11 is 5.60. The molecule has 0 saturated heterocycles. The van der Waals surface area contributed by atoms with E-state index in [9.17, 15) is 22.0 Å². The van der Waals surface area contributed by atoms with Gasteiger partial charge in [-0.3, -0.25) is 9.52 Å². The van der Waals surface area contributed by atoms with Crippen molar-refractivity contribution in [3.63, 3.8) is 0 Å². The second-order valence-electron chi connectivity index (χ2n) is 3.76. The van der Waals surface area contributed by atoms with Gasteiger partial charge in [-0.1, -0.05) is 11.6 Å². The van der Waals surface area contributed by atoms with Gasteiger partial charge in [-0.05, 0) is 18.2 Å². The Hall–Kier alpha value is -1.93. The highest BCUT2D eigenvalue weighted by Crippen LogP contribution is 2.19. The van der Waals surface area contributed by atoms with E-state index >= 15 is 0 Å². The van der Waals surface area contributed by atoms with Crippen molar-refractivity contribution in [1.82, 2.24) is 4.98 Å². The molecule has 2 aromatic rings. The number of benzene rings is 1. The average Bonchev–Trinajstić information content (AvgIpc) is 2.25. The van der Waals surface area contributed by atoms with E-state index in [4.69, 9.17) is 11.6 Å². The topological polar surface area (TPSA) is 79.0 Å². The van der Waals surface area contributed by atoms with E-state index in [0.717, 1.165) is 24.3 Å². The summed E-state index contributed by atoms with van der Waals surface area (Å²) in [4.78, 5) is 12.6. The number of pyridine rings is 1. The highest BCUT2D eigenvalue weighted by Gasteiger charge is 2.20. The first-order valence-corrected chi connectivity index (χ1v) is 7.02. The minimum Gasteiger partial charge on any atom is -0.308 e. The molecular weight excluding hydrogens is 314 g/mol. The lowest BCUT2D eigenvalue weighted by Crippen LogP contribution is -2.18. The number of hydrogen-bond acceptors (Lipinski definition) is 3. The van der Waals surface area contributed by atoms with Gasteiger partial charge in [-0.15, -0.1) is 0 Å². The molecule has 0 aliphatic carbocycles. The number of nitrogens with one attached hydrogen (secondary N) is 2. The Morgan fingerprint density at radius 2 is 1.85 bits per heavy atom. The van der Waals surface area contributed by atoms with Crippen LogP contribution in [0.5, 0.6) is 0 Å². The highest BCUT2D eigenvalue weighted by molar-refractivity contribution is 7.92. The molecule has 2 N–H and O–H groups in total. The van der Waals surface area contributed by atoms with Crippen molar-refractivity contribution in [3.05, 3.63) is 57.3 Å². The van der Waals surface area contributed by atoms with Crippen molar-refractivity contribution in [2.75, 3.05) is 4.72 Å². The normalized spacial score (nSPS) is 11.3. The number of aromatic nitrogens is 1. The van der Waals surface area contributed by atoms with Crippen LogP contribution in [0, 0.1) is 11.6 Å². The van der Waals surface area contributed by atoms with Gasteiger partial charge >= 0.3 is 0 Å². The molecule has 0 radical (unpaired) electrons. The minimum absolute atomic E-state index is 0.00558. The fraction of sp³-hybridized carbons (Fsp3) is 0. The first kappa shape index (κ1) is 14.5. The minimum atomic E-state index is -4.31. The van der Waals surface area contributed by atoms with Gasteiger partial charge in [-0.2, -0.15) is 0 Å². The molecule has 0 atom stereocenters. The number of hydrogen-bond donors (Lipinski definition) is 2. The average molecular weight is 321 g/mol. The first-order valence-electron chi connectivity index (χ1n) is 5.16. The van der Waals surface area contributed by atoms with Crippen LogP contribution in [0.15, 0.2) is 40.0 Å². The van der Waals surface area contributed by atoms with Gasteiger partial charge in [0, 0.05) is 17.2 Å². The molecule has 20 heavy (non-hydrogen) atoms. The number of H-pyrrole nitrogens is 1. The Bertz CT molecular complexity index is 821. The standard InChI is InChI=1S/C11H7ClF2N2O3S/c12-6-3-10(15-11(17)4-6)16-20(18,19)9-2-1-7(13)5-8(9)14/h1-5H,(H2,15,16,17). The number of rotatable bonds is 3. The van der Waals surface area contributed by atoms with Gasteiger partial charge in [-0.25, -0.2) is 17.2 Å². The predicted molar refractivity (Wildman–Crippen MR) is 69.2 cm³/mol. The van der Waals surface area contributed by atoms with E-state index in [1.54, 1.807) is 0 Å². The summed E-state index contributed by atoms with van der Waals surface area (Å²) in [5.74, 6) is -2.38. The van der Waals surface area contributed by atoms with Crippen LogP contribution in [0.2, 0.25) is 5.02 Å². The Morgan fingerprint density at radius 3 is 2.45 bits per heavy atom. The largest absolute Gasteiger partial charge is 0.308 e. The number of halogens is 3. The third kappa shape index (κ3) is 3.14. The monoisotopic (exact) mass is 320 g/mol. The highest BCUT2D eigenvalue weighted by atomic mass is 35.5. The molecule has 0 unspecified atom stereocenters. The van der Waals surface area contributed by atoms with E-state index in [1.165, 1.54) is 0 Å². The summed E-state index contributed by atoms with van der Waals surface area (Å²) in [5, 5.41) is 0.00558. The SMILES string of the molecule is O=c1cc(Cl)cc(NS(=O)(=O)c2ccc(F)cc2F)[nH]1. The Balaban J connectivity index is 2.43. The van der Waals surface area contributed by atoms with Crippen molar-refractivity contribution in [2.45, 2.75) is 4.90 Å². The molecule has 0 amide bonds. The van der Waals surface area contributed by atoms with Crippen LogP contribution in [0.25, 0.3) is 0 Å². The van der Waals surface area contributed by atoms with E-state index in [1.807, 2.05) is 4.72 Å². The van der Waals surface area contributed by atoms with Crippen LogP contribution in [-0.2, 0) is 10.0 Å². The fourth-order valence-corrected chi connectivity index (χ4v) is 2.74. The molecule has 5 nitrogen and oxygen atoms in total. The molecule has 1 heterocycles. The van der Waals surface area contributed by atoms with Crippen LogP contribution in [-0.4, -0.2) is 13.4 Å². The molecule has 0 fully saturated rings. The zero-order valence-electron chi connectivity index (χ0n) is 9.65. The van der Waals surface area contributed by atoms with Gasteiger partial charge in [0.15, 0.2) is 0 Å². The predicted octanol–water partition coefficient (Wildman–Crippen LogP) is 2.11. The summed E-state index contributed by atoms with van der Waals surface area (Å²) < 4.78 is 52.0. The van der Waals surface area contributed by atoms with Gasteiger partial charge in [0.25, 0.3) is 15.6 Å². The molecule has 1 aromatic carbocycles. The van der Waals surface area contributed by atoms with E-state index in [0.29, 0.717) is 6.07 Å². The third-order valence-corrected chi connectivity index (χ3v) is 3.85. The second-order valence-corrected chi connectivity index (χ2v) is 5.84. The van der Waals surface area contributed by atoms with Crippen molar-refractivity contribution in [1.29, 1.82) is 0 Å². The number of aromatic amines is 1. The van der Waals surface area contributed by atoms with E-state index in [2.05, 4.69) is 4.98 Å². The van der Waals surface area contributed by atoms with Crippen LogP contribution in [0.1, 0.15) is 0 Å². The molecule has 0 aliphatic rings. The lowest BCUT2D eigenvalue weighted by atomic mass is 10.3. The second kappa shape index (κ2) is 5.22. The molecule has 0 saturated carbocycles. The molecule has 0 spiro atoms. The molecule has 2 rings (SSSR count). The quantitative estimate of drug-likeness (QED) is 0.909. The lowest BCUT2D eigenvalue weighted by Gasteiger charge is -2.08. The summed E-state index contributed by atoms with van der Waals surface area (Å²) in [5.41, 5.74) is -0.630. The summed E-state index contributed by atoms with van der Waals surface area (Å²) in [7, 11) is -4.31. The number of anilines is 1. The summed E-state index contributed by atoms with van der Waals surface area (Å²) in [6.07, 6.45) is 0. The van der Waals surface area contributed by atoms with Crippen molar-refractivity contribution in [3.8, 4) is 0 Å². The number of sulfonamides is 1. The first-order chi connectivity index (χ1) is 9.28. The molecular formula is C11H7ClF2N2O3S. The van der Waals surface area contributed by atoms with Crippen LogP contribution in [0.4, 0.5) is 14.6 Å². The van der Waals surface area contributed by atoms with Crippen LogP contribution in [0.3, 0.4) is 0 Å². The van der Waals surface area contributed by atoms with Gasteiger partial charge < -0.3 is 4.98 Å². The van der Waals surface area contributed by atoms with Gasteiger partial charge in [0.05, 0.1) is 0 Å². The van der Waals surface area contributed by atoms with Crippen LogP contribution < -0.4 is 10.3 Å². The fourth-order valence-electron chi connectivity index (χ4n) is 1.46. The van der Waals surface area contributed by atoms with Crippen LogP contribution >= 0.6 is 11.6 Å². The summed E-state index contributed by atoms with van der Waals surface area (Å²) in [6, 6.07) is 4.20. The maximum atomic E-state index is 13.5. The summed E-state index contributed by atoms with van der Waals surface area (Å²) in [6.45, 7) is 0. The molecule has 106 valence electrons. The van der Waals surface area contributed by atoms with Gasteiger partial charge in [0.1, 0.15) is 22.3 Å². The smallest absolute Gasteiger partial charge is 0.265 e. The maximum Gasteiger partial charge on any atom is 0.265 e. The Morgan fingerprint density at radius 1 is 1.15 bits per heavy atom. The Kier molecular flexibility index (Phi) is 3.78. The third-order valence-electron chi connectivity index (χ3n) is 2.24. The molecule has 0 bridgehead atoms. The molecule has 9 heteroatoms. The zero-order chi connectivity index (χ0) is 14.9. The van der Waals surface area contributed by atoms with Crippen molar-refractivity contribution in [2.24, 2.45) is 0 Å². The van der Waals surface area contributed by atoms with E-state index in [-0.39, 0.29) is 10.8 Å². The van der Waals surface area contributed by atoms with Crippen molar-refractivity contribution >= 4 is 27.4 Å². The zero-order valence-corrected chi connectivity index (χ0v) is 11.2. The van der Waals surface area contributed by atoms with E-state index < -0.39 is 32.1 Å². The molecule has 0 aliphatic heterocycles. The van der Waals surface area contributed by atoms with Crippen molar-refractivity contribution < 1.29 is 17.2 Å².